The molecule has 0 spiro atoms. The molecule has 1 N–H and O–H groups in total. The Morgan fingerprint density at radius 1 is 1.26 bits per heavy atom. The lowest BCUT2D eigenvalue weighted by atomic mass is 9.92. The summed E-state index contributed by atoms with van der Waals surface area (Å²) in [7, 11) is 0. The van der Waals surface area contributed by atoms with Crippen molar-refractivity contribution < 1.29 is 19.0 Å². The highest BCUT2D eigenvalue weighted by molar-refractivity contribution is 5.68. The monoisotopic (exact) mass is 323 g/mol. The van der Waals surface area contributed by atoms with Gasteiger partial charge in [-0.2, -0.15) is 0 Å². The van der Waals surface area contributed by atoms with Gasteiger partial charge >= 0.3 is 6.09 Å². The third-order valence-corrected chi connectivity index (χ3v) is 4.03. The minimum atomic E-state index is -0.598. The van der Waals surface area contributed by atoms with E-state index < -0.39 is 11.7 Å². The van der Waals surface area contributed by atoms with Gasteiger partial charge in [-0.05, 0) is 52.5 Å². The van der Waals surface area contributed by atoms with Gasteiger partial charge in [-0.25, -0.2) is 9.18 Å². The number of aliphatic hydroxyl groups is 1. The Labute approximate surface area is 137 Å². The molecule has 0 heterocycles. The molecule has 0 aromatic heterocycles. The molecule has 0 unspecified atom stereocenters. The normalized spacial score (nSPS) is 21.8. The standard InChI is InChI=1S/C18H26FNO3/c1-18(2,3)23-17(22)20(14-8-10-15(21)11-9-14)12-13-6-4-5-7-16(13)19/h4-7,14-15,21H,8-12H2,1-3H3. The average Bonchev–Trinajstić information content (AvgIpc) is 2.46. The predicted octanol–water partition coefficient (Wildman–Crippen LogP) is 3.87. The molecule has 1 aromatic carbocycles. The maximum atomic E-state index is 14.0. The van der Waals surface area contributed by atoms with Crippen molar-refractivity contribution in [3.05, 3.63) is 35.6 Å². The first-order valence-electron chi connectivity index (χ1n) is 8.17. The Morgan fingerprint density at radius 2 is 1.87 bits per heavy atom. The lowest BCUT2D eigenvalue weighted by Gasteiger charge is -2.36. The molecule has 1 saturated carbocycles. The number of carbonyl (C=O) groups excluding carboxylic acids is 1. The van der Waals surface area contributed by atoms with E-state index in [1.165, 1.54) is 6.07 Å². The lowest BCUT2D eigenvalue weighted by molar-refractivity contribution is 0.00248. The Bertz CT molecular complexity index is 533. The van der Waals surface area contributed by atoms with E-state index in [0.717, 1.165) is 0 Å². The zero-order chi connectivity index (χ0) is 17.0. The van der Waals surface area contributed by atoms with Crippen molar-refractivity contribution in [3.63, 3.8) is 0 Å². The number of nitrogens with zero attached hydrogens (tertiary/aromatic N) is 1. The van der Waals surface area contributed by atoms with E-state index in [4.69, 9.17) is 4.74 Å². The van der Waals surface area contributed by atoms with Gasteiger partial charge in [-0.15, -0.1) is 0 Å². The van der Waals surface area contributed by atoms with Gasteiger partial charge in [0.15, 0.2) is 0 Å². The van der Waals surface area contributed by atoms with Gasteiger partial charge in [0.05, 0.1) is 12.6 Å². The SMILES string of the molecule is CC(C)(C)OC(=O)N(Cc1ccccc1F)C1CCC(O)CC1. The van der Waals surface area contributed by atoms with Crippen LogP contribution in [0.4, 0.5) is 9.18 Å². The van der Waals surface area contributed by atoms with Gasteiger partial charge in [-0.1, -0.05) is 18.2 Å². The Hall–Kier alpha value is -1.62. The Balaban J connectivity index is 2.17. The molecule has 5 heteroatoms. The first-order valence-corrected chi connectivity index (χ1v) is 8.17. The molecule has 128 valence electrons. The number of halogens is 1. The highest BCUT2D eigenvalue weighted by Gasteiger charge is 2.31. The van der Waals surface area contributed by atoms with Gasteiger partial charge in [0.25, 0.3) is 0 Å². The summed E-state index contributed by atoms with van der Waals surface area (Å²) in [6.45, 7) is 5.63. The summed E-state index contributed by atoms with van der Waals surface area (Å²) in [4.78, 5) is 14.2. The number of benzene rings is 1. The first kappa shape index (κ1) is 17.7. The predicted molar refractivity (Wildman–Crippen MR) is 86.4 cm³/mol. The van der Waals surface area contributed by atoms with Gasteiger partial charge in [0, 0.05) is 11.6 Å². The van der Waals surface area contributed by atoms with Gasteiger partial charge in [0.1, 0.15) is 11.4 Å². The van der Waals surface area contributed by atoms with Crippen LogP contribution in [0.2, 0.25) is 0 Å². The van der Waals surface area contributed by atoms with E-state index in [9.17, 15) is 14.3 Å². The molecule has 0 aliphatic heterocycles. The van der Waals surface area contributed by atoms with Crippen molar-refractivity contribution in [2.24, 2.45) is 0 Å². The van der Waals surface area contributed by atoms with Crippen LogP contribution in [0.1, 0.15) is 52.0 Å². The third kappa shape index (κ3) is 5.20. The van der Waals surface area contributed by atoms with Crippen LogP contribution in [0.5, 0.6) is 0 Å². The van der Waals surface area contributed by atoms with Crippen LogP contribution in [0, 0.1) is 5.82 Å². The van der Waals surface area contributed by atoms with Crippen LogP contribution < -0.4 is 0 Å². The van der Waals surface area contributed by atoms with Crippen molar-refractivity contribution in [1.82, 2.24) is 4.90 Å². The van der Waals surface area contributed by atoms with Crippen molar-refractivity contribution >= 4 is 6.09 Å². The first-order chi connectivity index (χ1) is 10.8. The zero-order valence-corrected chi connectivity index (χ0v) is 14.1. The molecule has 0 radical (unpaired) electrons. The van der Waals surface area contributed by atoms with Crippen molar-refractivity contribution in [2.45, 2.75) is 70.7 Å². The quantitative estimate of drug-likeness (QED) is 0.919. The van der Waals surface area contributed by atoms with E-state index in [-0.39, 0.29) is 24.5 Å². The topological polar surface area (TPSA) is 49.8 Å². The zero-order valence-electron chi connectivity index (χ0n) is 14.1. The number of ether oxygens (including phenoxy) is 1. The van der Waals surface area contributed by atoms with Crippen molar-refractivity contribution in [3.8, 4) is 0 Å². The Morgan fingerprint density at radius 3 is 2.43 bits per heavy atom. The van der Waals surface area contributed by atoms with E-state index in [2.05, 4.69) is 0 Å². The molecule has 0 atom stereocenters. The summed E-state index contributed by atoms with van der Waals surface area (Å²) in [5.41, 5.74) is -0.122. The number of hydrogen-bond donors (Lipinski definition) is 1. The second-order valence-corrected chi connectivity index (χ2v) is 7.16. The second kappa shape index (κ2) is 7.30. The number of amides is 1. The van der Waals surface area contributed by atoms with E-state index in [1.54, 1.807) is 23.1 Å². The summed E-state index contributed by atoms with van der Waals surface area (Å²) < 4.78 is 19.5. The summed E-state index contributed by atoms with van der Waals surface area (Å²) >= 11 is 0. The molecule has 0 bridgehead atoms. The van der Waals surface area contributed by atoms with Crippen LogP contribution in [0.15, 0.2) is 24.3 Å². The fourth-order valence-corrected chi connectivity index (χ4v) is 2.84. The van der Waals surface area contributed by atoms with E-state index >= 15 is 0 Å². The molecule has 4 nitrogen and oxygen atoms in total. The minimum Gasteiger partial charge on any atom is -0.444 e. The molecule has 0 saturated heterocycles. The molecule has 1 aromatic rings. The second-order valence-electron chi connectivity index (χ2n) is 7.16. The van der Waals surface area contributed by atoms with Gasteiger partial charge in [0.2, 0.25) is 0 Å². The number of aliphatic hydroxyl groups excluding tert-OH is 1. The number of rotatable bonds is 3. The summed E-state index contributed by atoms with van der Waals surface area (Å²) in [6, 6.07) is 6.44. The van der Waals surface area contributed by atoms with Crippen molar-refractivity contribution in [2.75, 3.05) is 0 Å². The van der Waals surface area contributed by atoms with Crippen LogP contribution in [-0.4, -0.2) is 33.8 Å². The number of carbonyl (C=O) groups is 1. The molecule has 2 rings (SSSR count). The molecular formula is C18H26FNO3. The van der Waals surface area contributed by atoms with Gasteiger partial charge in [-0.3, -0.25) is 0 Å². The molecule has 1 aliphatic rings. The van der Waals surface area contributed by atoms with Crippen LogP contribution in [0.3, 0.4) is 0 Å². The lowest BCUT2D eigenvalue weighted by Crippen LogP contribution is -2.45. The molecule has 1 amide bonds. The maximum Gasteiger partial charge on any atom is 0.410 e. The van der Waals surface area contributed by atoms with Crippen LogP contribution in [0.25, 0.3) is 0 Å². The number of hydrogen-bond acceptors (Lipinski definition) is 3. The van der Waals surface area contributed by atoms with Gasteiger partial charge < -0.3 is 14.7 Å². The molecular weight excluding hydrogens is 297 g/mol. The molecule has 1 aliphatic carbocycles. The third-order valence-electron chi connectivity index (χ3n) is 4.03. The van der Waals surface area contributed by atoms with Crippen LogP contribution >= 0.6 is 0 Å². The molecule has 1 fully saturated rings. The average molecular weight is 323 g/mol. The maximum absolute atomic E-state index is 14.0. The highest BCUT2D eigenvalue weighted by atomic mass is 19.1. The molecule has 23 heavy (non-hydrogen) atoms. The summed E-state index contributed by atoms with van der Waals surface area (Å²) in [6.07, 6.45) is 1.98. The summed E-state index contributed by atoms with van der Waals surface area (Å²) in [5.74, 6) is -0.322. The minimum absolute atomic E-state index is 0.0344. The van der Waals surface area contributed by atoms with Crippen LogP contribution in [-0.2, 0) is 11.3 Å². The fraction of sp³-hybridized carbons (Fsp3) is 0.611. The smallest absolute Gasteiger partial charge is 0.410 e. The highest BCUT2D eigenvalue weighted by Crippen LogP contribution is 2.26. The Kier molecular flexibility index (Phi) is 5.63. The summed E-state index contributed by atoms with van der Waals surface area (Å²) in [5, 5.41) is 9.67. The van der Waals surface area contributed by atoms with E-state index in [1.807, 2.05) is 20.8 Å². The fourth-order valence-electron chi connectivity index (χ4n) is 2.84. The van der Waals surface area contributed by atoms with Crippen molar-refractivity contribution in [1.29, 1.82) is 0 Å². The largest absolute Gasteiger partial charge is 0.444 e. The van der Waals surface area contributed by atoms with E-state index in [0.29, 0.717) is 31.2 Å².